The van der Waals surface area contributed by atoms with E-state index in [1.54, 1.807) is 0 Å². The summed E-state index contributed by atoms with van der Waals surface area (Å²) in [5.74, 6) is 0. The third kappa shape index (κ3) is 2.83. The van der Waals surface area contributed by atoms with Crippen LogP contribution in [0, 0.1) is 6.92 Å². The first kappa shape index (κ1) is 12.5. The van der Waals surface area contributed by atoms with Crippen LogP contribution in [0.5, 0.6) is 0 Å². The number of hydrogen-bond donors (Lipinski definition) is 2. The van der Waals surface area contributed by atoms with E-state index in [9.17, 15) is 4.79 Å². The lowest BCUT2D eigenvalue weighted by molar-refractivity contribution is 0.0636. The van der Waals surface area contributed by atoms with Crippen molar-refractivity contribution in [1.82, 2.24) is 4.98 Å². The van der Waals surface area contributed by atoms with Crippen molar-refractivity contribution in [2.24, 2.45) is 0 Å². The van der Waals surface area contributed by atoms with E-state index in [-0.39, 0.29) is 0 Å². The van der Waals surface area contributed by atoms with E-state index in [4.69, 9.17) is 4.74 Å². The van der Waals surface area contributed by atoms with Crippen LogP contribution in [0.1, 0.15) is 26.3 Å². The highest BCUT2D eigenvalue weighted by atomic mass is 16.6. The molecule has 1 heterocycles. The molecule has 0 atom stereocenters. The second kappa shape index (κ2) is 4.37. The predicted octanol–water partition coefficient (Wildman–Crippen LogP) is 3.82. The van der Waals surface area contributed by atoms with Gasteiger partial charge in [-0.1, -0.05) is 6.07 Å². The second-order valence-corrected chi connectivity index (χ2v) is 5.36. The Morgan fingerprint density at radius 1 is 1.33 bits per heavy atom. The molecule has 96 valence electrons. The molecular weight excluding hydrogens is 228 g/mol. The molecule has 0 aliphatic rings. The predicted molar refractivity (Wildman–Crippen MR) is 72.9 cm³/mol. The minimum atomic E-state index is -0.489. The Labute approximate surface area is 106 Å². The summed E-state index contributed by atoms with van der Waals surface area (Å²) in [6, 6.07) is 5.74. The molecule has 18 heavy (non-hydrogen) atoms. The molecule has 4 heteroatoms. The van der Waals surface area contributed by atoms with Crippen molar-refractivity contribution >= 4 is 22.7 Å². The maximum atomic E-state index is 11.6. The number of carbonyl (C=O) groups excluding carboxylic acids is 1. The molecule has 0 spiro atoms. The zero-order valence-electron chi connectivity index (χ0n) is 11.1. The average molecular weight is 246 g/mol. The highest BCUT2D eigenvalue weighted by Crippen LogP contribution is 2.21. The highest BCUT2D eigenvalue weighted by molar-refractivity contribution is 5.91. The van der Waals surface area contributed by atoms with Gasteiger partial charge in [-0.3, -0.25) is 5.32 Å². The van der Waals surface area contributed by atoms with Gasteiger partial charge in [0.2, 0.25) is 0 Å². The van der Waals surface area contributed by atoms with Crippen LogP contribution in [0.3, 0.4) is 0 Å². The number of ether oxygens (including phenoxy) is 1. The Bertz CT molecular complexity index is 579. The van der Waals surface area contributed by atoms with E-state index in [2.05, 4.69) is 10.3 Å². The number of nitrogens with one attached hydrogen (secondary N) is 2. The molecule has 2 aromatic rings. The van der Waals surface area contributed by atoms with Crippen molar-refractivity contribution in [3.63, 3.8) is 0 Å². The maximum Gasteiger partial charge on any atom is 0.412 e. The third-order valence-electron chi connectivity index (χ3n) is 2.53. The van der Waals surface area contributed by atoms with Crippen LogP contribution in [0.2, 0.25) is 0 Å². The Morgan fingerprint density at radius 2 is 2.06 bits per heavy atom. The van der Waals surface area contributed by atoms with Crippen LogP contribution in [0.25, 0.3) is 10.9 Å². The third-order valence-corrected chi connectivity index (χ3v) is 2.53. The molecule has 4 nitrogen and oxygen atoms in total. The van der Waals surface area contributed by atoms with Gasteiger partial charge in [-0.15, -0.1) is 0 Å². The van der Waals surface area contributed by atoms with Crippen molar-refractivity contribution in [1.29, 1.82) is 0 Å². The van der Waals surface area contributed by atoms with Crippen LogP contribution in [-0.2, 0) is 4.74 Å². The van der Waals surface area contributed by atoms with Crippen LogP contribution >= 0.6 is 0 Å². The lowest BCUT2D eigenvalue weighted by Crippen LogP contribution is -2.27. The van der Waals surface area contributed by atoms with Gasteiger partial charge in [0.25, 0.3) is 0 Å². The fourth-order valence-corrected chi connectivity index (χ4v) is 1.77. The van der Waals surface area contributed by atoms with E-state index >= 15 is 0 Å². The van der Waals surface area contributed by atoms with Crippen LogP contribution in [0.4, 0.5) is 10.5 Å². The molecule has 0 bridgehead atoms. The number of amides is 1. The molecule has 0 aliphatic carbocycles. The molecular formula is C14H18N2O2. The zero-order valence-corrected chi connectivity index (χ0v) is 11.1. The largest absolute Gasteiger partial charge is 0.444 e. The van der Waals surface area contributed by atoms with E-state index in [1.807, 2.05) is 52.1 Å². The van der Waals surface area contributed by atoms with Gasteiger partial charge in [0.05, 0.1) is 0 Å². The van der Waals surface area contributed by atoms with Crippen molar-refractivity contribution < 1.29 is 9.53 Å². The van der Waals surface area contributed by atoms with E-state index in [0.29, 0.717) is 0 Å². The van der Waals surface area contributed by atoms with Gasteiger partial charge in [-0.05, 0) is 45.4 Å². The standard InChI is InChI=1S/C14H18N2O2/c1-9-8-15-12-7-10(5-6-11(9)12)16-13(17)18-14(2,3)4/h5-8,15H,1-4H3,(H,16,17). The van der Waals surface area contributed by atoms with Crippen molar-refractivity contribution in [3.05, 3.63) is 30.0 Å². The summed E-state index contributed by atoms with van der Waals surface area (Å²) in [6.07, 6.45) is 1.51. The quantitative estimate of drug-likeness (QED) is 0.803. The molecule has 2 N–H and O–H groups in total. The second-order valence-electron chi connectivity index (χ2n) is 5.36. The van der Waals surface area contributed by atoms with Gasteiger partial charge < -0.3 is 9.72 Å². The summed E-state index contributed by atoms with van der Waals surface area (Å²) >= 11 is 0. The van der Waals surface area contributed by atoms with Crippen LogP contribution < -0.4 is 5.32 Å². The minimum absolute atomic E-state index is 0.440. The number of aromatic nitrogens is 1. The number of hydrogen-bond acceptors (Lipinski definition) is 2. The normalized spacial score (nSPS) is 11.6. The molecule has 0 fully saturated rings. The number of benzene rings is 1. The highest BCUT2D eigenvalue weighted by Gasteiger charge is 2.16. The number of rotatable bonds is 1. The smallest absolute Gasteiger partial charge is 0.412 e. The van der Waals surface area contributed by atoms with Gasteiger partial charge in [0, 0.05) is 22.8 Å². The van der Waals surface area contributed by atoms with Crippen molar-refractivity contribution in [3.8, 4) is 0 Å². The molecule has 0 saturated heterocycles. The summed E-state index contributed by atoms with van der Waals surface area (Å²) in [6.45, 7) is 7.55. The van der Waals surface area contributed by atoms with E-state index < -0.39 is 11.7 Å². The number of carbonyl (C=O) groups is 1. The Hall–Kier alpha value is -1.97. The van der Waals surface area contributed by atoms with Gasteiger partial charge >= 0.3 is 6.09 Å². The molecule has 1 aromatic carbocycles. The van der Waals surface area contributed by atoms with Crippen LogP contribution in [0.15, 0.2) is 24.4 Å². The van der Waals surface area contributed by atoms with Crippen molar-refractivity contribution in [2.75, 3.05) is 5.32 Å². The number of aromatic amines is 1. The number of H-pyrrole nitrogens is 1. The minimum Gasteiger partial charge on any atom is -0.444 e. The Balaban J connectivity index is 2.15. The first-order valence-corrected chi connectivity index (χ1v) is 5.93. The molecule has 0 aliphatic heterocycles. The average Bonchev–Trinajstić information content (AvgIpc) is 2.57. The number of aryl methyl sites for hydroxylation is 1. The fraction of sp³-hybridized carbons (Fsp3) is 0.357. The van der Waals surface area contributed by atoms with Crippen molar-refractivity contribution in [2.45, 2.75) is 33.3 Å². The number of anilines is 1. The van der Waals surface area contributed by atoms with Gasteiger partial charge in [0.15, 0.2) is 0 Å². The van der Waals surface area contributed by atoms with Crippen LogP contribution in [-0.4, -0.2) is 16.7 Å². The molecule has 0 radical (unpaired) electrons. The first-order valence-electron chi connectivity index (χ1n) is 5.93. The lowest BCUT2D eigenvalue weighted by atomic mass is 10.2. The topological polar surface area (TPSA) is 54.1 Å². The maximum absolute atomic E-state index is 11.6. The summed E-state index contributed by atoms with van der Waals surface area (Å²) in [5, 5.41) is 3.88. The molecule has 2 rings (SSSR count). The summed E-state index contributed by atoms with van der Waals surface area (Å²) in [5.41, 5.74) is 2.42. The number of fused-ring (bicyclic) bond motifs is 1. The lowest BCUT2D eigenvalue weighted by Gasteiger charge is -2.19. The molecule has 0 saturated carbocycles. The molecule has 0 unspecified atom stereocenters. The molecule has 1 aromatic heterocycles. The Morgan fingerprint density at radius 3 is 2.72 bits per heavy atom. The fourth-order valence-electron chi connectivity index (χ4n) is 1.77. The SMILES string of the molecule is Cc1c[nH]c2cc(NC(=O)OC(C)(C)C)ccc12. The zero-order chi connectivity index (χ0) is 13.3. The summed E-state index contributed by atoms with van der Waals surface area (Å²) < 4.78 is 5.20. The van der Waals surface area contributed by atoms with Gasteiger partial charge in [-0.25, -0.2) is 4.79 Å². The summed E-state index contributed by atoms with van der Waals surface area (Å²) in [7, 11) is 0. The van der Waals surface area contributed by atoms with Gasteiger partial charge in [0.1, 0.15) is 5.60 Å². The summed E-state index contributed by atoms with van der Waals surface area (Å²) in [4.78, 5) is 14.8. The molecule has 1 amide bonds. The van der Waals surface area contributed by atoms with E-state index in [1.165, 1.54) is 5.56 Å². The van der Waals surface area contributed by atoms with Gasteiger partial charge in [-0.2, -0.15) is 0 Å². The van der Waals surface area contributed by atoms with E-state index in [0.717, 1.165) is 16.6 Å². The first-order chi connectivity index (χ1) is 8.35. The monoisotopic (exact) mass is 246 g/mol. The Kier molecular flexibility index (Phi) is 3.03.